The van der Waals surface area contributed by atoms with E-state index in [4.69, 9.17) is 9.47 Å². The summed E-state index contributed by atoms with van der Waals surface area (Å²) in [5.41, 5.74) is 1.48. The second-order valence-electron chi connectivity index (χ2n) is 5.57. The lowest BCUT2D eigenvalue weighted by molar-refractivity contribution is 0.0659. The Bertz CT molecular complexity index is 646. The lowest BCUT2D eigenvalue weighted by atomic mass is 10.2. The van der Waals surface area contributed by atoms with Crippen molar-refractivity contribution in [2.24, 2.45) is 0 Å². The number of likely N-dealkylation sites (N-methyl/N-ethyl adjacent to an activating group) is 1. The van der Waals surface area contributed by atoms with Gasteiger partial charge in [-0.05, 0) is 19.2 Å². The van der Waals surface area contributed by atoms with Gasteiger partial charge in [0.15, 0.2) is 11.5 Å². The van der Waals surface area contributed by atoms with Crippen molar-refractivity contribution >= 4 is 16.8 Å². The SMILES string of the molecule is COc1cc2cc(C(=O)N3CCN(C)CC3)[nH]c2cc1OC. The van der Waals surface area contributed by atoms with E-state index >= 15 is 0 Å². The molecular weight excluding hydrogens is 282 g/mol. The molecule has 22 heavy (non-hydrogen) atoms. The van der Waals surface area contributed by atoms with Gasteiger partial charge < -0.3 is 24.3 Å². The van der Waals surface area contributed by atoms with Crippen LogP contribution in [-0.2, 0) is 0 Å². The Labute approximate surface area is 129 Å². The van der Waals surface area contributed by atoms with Crippen molar-refractivity contribution in [3.05, 3.63) is 23.9 Å². The normalized spacial score (nSPS) is 16.0. The average Bonchev–Trinajstić information content (AvgIpc) is 2.96. The zero-order chi connectivity index (χ0) is 15.7. The van der Waals surface area contributed by atoms with Gasteiger partial charge >= 0.3 is 0 Å². The first-order valence-electron chi connectivity index (χ1n) is 7.35. The van der Waals surface area contributed by atoms with Crippen LogP contribution in [0, 0.1) is 0 Å². The summed E-state index contributed by atoms with van der Waals surface area (Å²) in [6, 6.07) is 5.61. The molecule has 1 aromatic carbocycles. The third-order valence-electron chi connectivity index (χ3n) is 4.15. The van der Waals surface area contributed by atoms with Crippen LogP contribution in [0.25, 0.3) is 10.9 Å². The molecule has 1 saturated heterocycles. The minimum Gasteiger partial charge on any atom is -0.493 e. The van der Waals surface area contributed by atoms with Gasteiger partial charge in [-0.1, -0.05) is 0 Å². The first kappa shape index (κ1) is 14.7. The maximum Gasteiger partial charge on any atom is 0.270 e. The average molecular weight is 303 g/mol. The fourth-order valence-corrected chi connectivity index (χ4v) is 2.75. The molecule has 6 heteroatoms. The minimum absolute atomic E-state index is 0.0437. The Morgan fingerprint density at radius 1 is 1.05 bits per heavy atom. The predicted octanol–water partition coefficient (Wildman–Crippen LogP) is 1.57. The molecule has 2 aromatic rings. The van der Waals surface area contributed by atoms with Crippen LogP contribution in [0.5, 0.6) is 11.5 Å². The van der Waals surface area contributed by atoms with Gasteiger partial charge in [0, 0.05) is 43.1 Å². The number of hydrogen-bond donors (Lipinski definition) is 1. The lowest BCUT2D eigenvalue weighted by Gasteiger charge is -2.32. The van der Waals surface area contributed by atoms with Crippen LogP contribution in [0.3, 0.4) is 0 Å². The maximum atomic E-state index is 12.6. The van der Waals surface area contributed by atoms with Crippen molar-refractivity contribution in [2.45, 2.75) is 0 Å². The molecule has 1 fully saturated rings. The van der Waals surface area contributed by atoms with Gasteiger partial charge in [0.05, 0.1) is 14.2 Å². The van der Waals surface area contributed by atoms with Gasteiger partial charge in [0.25, 0.3) is 5.91 Å². The number of ether oxygens (including phenoxy) is 2. The Balaban J connectivity index is 1.89. The minimum atomic E-state index is 0.0437. The number of methoxy groups -OCH3 is 2. The highest BCUT2D eigenvalue weighted by Gasteiger charge is 2.22. The molecule has 118 valence electrons. The topological polar surface area (TPSA) is 57.8 Å². The third-order valence-corrected chi connectivity index (χ3v) is 4.15. The van der Waals surface area contributed by atoms with Crippen LogP contribution in [-0.4, -0.2) is 68.1 Å². The van der Waals surface area contributed by atoms with Crippen LogP contribution in [0.1, 0.15) is 10.5 Å². The Kier molecular flexibility index (Phi) is 3.94. The van der Waals surface area contributed by atoms with Crippen molar-refractivity contribution in [2.75, 3.05) is 47.4 Å². The van der Waals surface area contributed by atoms with Gasteiger partial charge in [0.2, 0.25) is 0 Å². The molecule has 0 atom stereocenters. The first-order chi connectivity index (χ1) is 10.6. The molecule has 3 rings (SSSR count). The second kappa shape index (κ2) is 5.88. The van der Waals surface area contributed by atoms with E-state index < -0.39 is 0 Å². The highest BCUT2D eigenvalue weighted by atomic mass is 16.5. The summed E-state index contributed by atoms with van der Waals surface area (Å²) in [4.78, 5) is 19.9. The molecule has 1 N–H and O–H groups in total. The van der Waals surface area contributed by atoms with Gasteiger partial charge in [-0.2, -0.15) is 0 Å². The third kappa shape index (κ3) is 2.62. The Morgan fingerprint density at radius 3 is 2.32 bits per heavy atom. The van der Waals surface area contributed by atoms with Crippen molar-refractivity contribution in [3.63, 3.8) is 0 Å². The number of piperazine rings is 1. The molecule has 0 spiro atoms. The number of rotatable bonds is 3. The number of benzene rings is 1. The molecule has 0 bridgehead atoms. The smallest absolute Gasteiger partial charge is 0.270 e. The highest BCUT2D eigenvalue weighted by molar-refractivity contribution is 5.98. The van der Waals surface area contributed by atoms with E-state index in [1.165, 1.54) is 0 Å². The number of H-pyrrole nitrogens is 1. The summed E-state index contributed by atoms with van der Waals surface area (Å²) in [7, 11) is 5.28. The number of carbonyl (C=O) groups excluding carboxylic acids is 1. The van der Waals surface area contributed by atoms with E-state index in [-0.39, 0.29) is 5.91 Å². The maximum absolute atomic E-state index is 12.6. The molecule has 1 amide bonds. The quantitative estimate of drug-likeness (QED) is 0.935. The van der Waals surface area contributed by atoms with Crippen LogP contribution >= 0.6 is 0 Å². The number of hydrogen-bond acceptors (Lipinski definition) is 4. The van der Waals surface area contributed by atoms with E-state index in [0.29, 0.717) is 17.2 Å². The van der Waals surface area contributed by atoms with Gasteiger partial charge in [-0.3, -0.25) is 4.79 Å². The molecule has 1 aliphatic heterocycles. The molecule has 0 radical (unpaired) electrons. The Hall–Kier alpha value is -2.21. The summed E-state index contributed by atoms with van der Waals surface area (Å²) in [5, 5.41) is 0.940. The van der Waals surface area contributed by atoms with Gasteiger partial charge in [-0.25, -0.2) is 0 Å². The van der Waals surface area contributed by atoms with Crippen LogP contribution < -0.4 is 9.47 Å². The number of carbonyl (C=O) groups is 1. The van der Waals surface area contributed by atoms with Crippen molar-refractivity contribution in [3.8, 4) is 11.5 Å². The zero-order valence-corrected chi connectivity index (χ0v) is 13.2. The molecule has 1 aliphatic rings. The molecule has 0 aliphatic carbocycles. The molecular formula is C16H21N3O3. The monoisotopic (exact) mass is 303 g/mol. The number of amides is 1. The Morgan fingerprint density at radius 2 is 1.68 bits per heavy atom. The van der Waals surface area contributed by atoms with Gasteiger partial charge in [-0.15, -0.1) is 0 Å². The summed E-state index contributed by atoms with van der Waals surface area (Å²) >= 11 is 0. The fourth-order valence-electron chi connectivity index (χ4n) is 2.75. The summed E-state index contributed by atoms with van der Waals surface area (Å²) in [5.74, 6) is 1.35. The number of aromatic nitrogens is 1. The second-order valence-corrected chi connectivity index (χ2v) is 5.57. The van der Waals surface area contributed by atoms with E-state index in [2.05, 4.69) is 16.9 Å². The molecule has 6 nitrogen and oxygen atoms in total. The highest BCUT2D eigenvalue weighted by Crippen LogP contribution is 2.32. The molecule has 0 saturated carbocycles. The number of nitrogens with one attached hydrogen (secondary N) is 1. The van der Waals surface area contributed by atoms with E-state index in [0.717, 1.165) is 37.1 Å². The standard InChI is InChI=1S/C16H21N3O3/c1-18-4-6-19(7-5-18)16(20)13-8-11-9-14(21-2)15(22-3)10-12(11)17-13/h8-10,17H,4-7H2,1-3H3. The molecule has 1 aromatic heterocycles. The van der Waals surface area contributed by atoms with Crippen LogP contribution in [0.15, 0.2) is 18.2 Å². The number of nitrogens with zero attached hydrogens (tertiary/aromatic N) is 2. The van der Waals surface area contributed by atoms with Crippen LogP contribution in [0.2, 0.25) is 0 Å². The van der Waals surface area contributed by atoms with Gasteiger partial charge in [0.1, 0.15) is 5.69 Å². The van der Waals surface area contributed by atoms with E-state index in [1.54, 1.807) is 14.2 Å². The van der Waals surface area contributed by atoms with Crippen LogP contribution in [0.4, 0.5) is 0 Å². The zero-order valence-electron chi connectivity index (χ0n) is 13.2. The van der Waals surface area contributed by atoms with Crippen molar-refractivity contribution in [1.29, 1.82) is 0 Å². The predicted molar refractivity (Wildman–Crippen MR) is 84.8 cm³/mol. The molecule has 0 unspecified atom stereocenters. The molecule has 2 heterocycles. The largest absolute Gasteiger partial charge is 0.493 e. The summed E-state index contributed by atoms with van der Waals surface area (Å²) in [6.45, 7) is 3.34. The number of fused-ring (bicyclic) bond motifs is 1. The van der Waals surface area contributed by atoms with E-state index in [9.17, 15) is 4.79 Å². The van der Waals surface area contributed by atoms with E-state index in [1.807, 2.05) is 23.1 Å². The summed E-state index contributed by atoms with van der Waals surface area (Å²) in [6.07, 6.45) is 0. The first-order valence-corrected chi connectivity index (χ1v) is 7.35. The lowest BCUT2D eigenvalue weighted by Crippen LogP contribution is -2.47. The number of aromatic amines is 1. The van der Waals surface area contributed by atoms with Crippen molar-refractivity contribution in [1.82, 2.24) is 14.8 Å². The fraction of sp³-hybridized carbons (Fsp3) is 0.438. The van der Waals surface area contributed by atoms with Crippen molar-refractivity contribution < 1.29 is 14.3 Å². The summed E-state index contributed by atoms with van der Waals surface area (Å²) < 4.78 is 10.6.